The number of carbonyl (C=O) groups is 3. The number of ketones is 3. The van der Waals surface area contributed by atoms with Crippen molar-refractivity contribution < 1.29 is 14.4 Å². The minimum atomic E-state index is -0.330. The Morgan fingerprint density at radius 3 is 2.16 bits per heavy atom. The Bertz CT molecular complexity index is 1460. The van der Waals surface area contributed by atoms with Crippen molar-refractivity contribution in [2.24, 2.45) is 29.1 Å². The lowest BCUT2D eigenvalue weighted by molar-refractivity contribution is -0.136. The first-order valence-electron chi connectivity index (χ1n) is 16.5. The van der Waals surface area contributed by atoms with Crippen molar-refractivity contribution in [3.8, 4) is 0 Å². The molecular weight excluding hydrogens is 540 g/mol. The molecule has 4 unspecified atom stereocenters. The number of benzene rings is 3. The number of hydrogen-bond donors (Lipinski definition) is 0. The summed E-state index contributed by atoms with van der Waals surface area (Å²) in [7, 11) is 0. The fraction of sp³-hybridized carbons (Fsp3) is 0.488. The fourth-order valence-electron chi connectivity index (χ4n) is 7.27. The molecule has 0 bridgehead atoms. The molecule has 3 nitrogen and oxygen atoms in total. The van der Waals surface area contributed by atoms with E-state index in [2.05, 4.69) is 71.0 Å². The summed E-state index contributed by atoms with van der Waals surface area (Å²) in [5, 5.41) is 0. The van der Waals surface area contributed by atoms with Crippen LogP contribution in [-0.4, -0.2) is 17.3 Å². The molecule has 0 heterocycles. The van der Waals surface area contributed by atoms with Crippen LogP contribution in [0.1, 0.15) is 105 Å². The Morgan fingerprint density at radius 2 is 1.52 bits per heavy atom. The molecular formula is C41H52O3. The van der Waals surface area contributed by atoms with Gasteiger partial charge in [-0.05, 0) is 84.1 Å². The van der Waals surface area contributed by atoms with E-state index in [0.717, 1.165) is 40.7 Å². The van der Waals surface area contributed by atoms with Gasteiger partial charge in [0, 0.05) is 36.2 Å². The van der Waals surface area contributed by atoms with Crippen LogP contribution in [0.5, 0.6) is 0 Å². The average Bonchev–Trinajstić information content (AvgIpc) is 3.31. The molecule has 0 spiro atoms. The predicted molar refractivity (Wildman–Crippen MR) is 181 cm³/mol. The van der Waals surface area contributed by atoms with Gasteiger partial charge in [0.25, 0.3) is 0 Å². The topological polar surface area (TPSA) is 51.2 Å². The summed E-state index contributed by atoms with van der Waals surface area (Å²) in [6, 6.07) is 24.6. The Morgan fingerprint density at radius 1 is 0.864 bits per heavy atom. The van der Waals surface area contributed by atoms with Crippen molar-refractivity contribution in [2.45, 2.75) is 99.3 Å². The molecule has 0 saturated heterocycles. The number of carbonyl (C=O) groups excluding carboxylic acids is 3. The van der Waals surface area contributed by atoms with Gasteiger partial charge in [-0.3, -0.25) is 14.4 Å². The van der Waals surface area contributed by atoms with E-state index < -0.39 is 0 Å². The molecule has 44 heavy (non-hydrogen) atoms. The van der Waals surface area contributed by atoms with Crippen LogP contribution in [0.2, 0.25) is 0 Å². The maximum Gasteiger partial charge on any atom is 0.163 e. The zero-order valence-corrected chi connectivity index (χ0v) is 28.2. The summed E-state index contributed by atoms with van der Waals surface area (Å²) >= 11 is 0. The third-order valence-electron chi connectivity index (χ3n) is 10.4. The molecule has 0 N–H and O–H groups in total. The lowest BCUT2D eigenvalue weighted by atomic mass is 9.70. The molecule has 0 amide bonds. The Kier molecular flexibility index (Phi) is 10.5. The van der Waals surface area contributed by atoms with Crippen LogP contribution < -0.4 is 0 Å². The Labute approximate surface area is 265 Å². The molecule has 1 saturated carbocycles. The summed E-state index contributed by atoms with van der Waals surface area (Å²) in [5.74, 6) is -0.629. The van der Waals surface area contributed by atoms with E-state index in [1.165, 1.54) is 5.56 Å². The summed E-state index contributed by atoms with van der Waals surface area (Å²) in [5.41, 5.74) is 6.28. The zero-order valence-electron chi connectivity index (χ0n) is 28.2. The third kappa shape index (κ3) is 7.84. The summed E-state index contributed by atoms with van der Waals surface area (Å²) < 4.78 is 0. The Hall–Kier alpha value is -3.33. The van der Waals surface area contributed by atoms with Crippen LogP contribution in [0, 0.1) is 42.9 Å². The van der Waals surface area contributed by atoms with E-state index in [4.69, 9.17) is 0 Å². The van der Waals surface area contributed by atoms with Crippen molar-refractivity contribution in [3.05, 3.63) is 106 Å². The van der Waals surface area contributed by atoms with E-state index in [0.29, 0.717) is 25.7 Å². The highest BCUT2D eigenvalue weighted by Crippen LogP contribution is 2.49. The first-order valence-corrected chi connectivity index (χ1v) is 16.5. The monoisotopic (exact) mass is 592 g/mol. The van der Waals surface area contributed by atoms with Crippen molar-refractivity contribution in [1.29, 1.82) is 0 Å². The van der Waals surface area contributed by atoms with Gasteiger partial charge >= 0.3 is 0 Å². The molecule has 4 rings (SSSR count). The van der Waals surface area contributed by atoms with E-state index >= 15 is 0 Å². The second-order valence-electron chi connectivity index (χ2n) is 15.0. The van der Waals surface area contributed by atoms with Gasteiger partial charge in [0.15, 0.2) is 5.78 Å². The highest BCUT2D eigenvalue weighted by molar-refractivity contribution is 5.98. The smallest absolute Gasteiger partial charge is 0.163 e. The van der Waals surface area contributed by atoms with Gasteiger partial charge in [-0.25, -0.2) is 0 Å². The molecule has 1 aliphatic carbocycles. The predicted octanol–water partition coefficient (Wildman–Crippen LogP) is 9.49. The maximum absolute atomic E-state index is 14.4. The average molecular weight is 593 g/mol. The first-order chi connectivity index (χ1) is 20.7. The van der Waals surface area contributed by atoms with E-state index in [1.807, 2.05) is 57.2 Å². The van der Waals surface area contributed by atoms with Crippen LogP contribution in [0.4, 0.5) is 0 Å². The maximum atomic E-state index is 14.4. The van der Waals surface area contributed by atoms with E-state index in [1.54, 1.807) is 0 Å². The summed E-state index contributed by atoms with van der Waals surface area (Å²) in [6.45, 7) is 16.9. The minimum Gasteiger partial charge on any atom is -0.299 e. The summed E-state index contributed by atoms with van der Waals surface area (Å²) in [4.78, 5) is 41.9. The van der Waals surface area contributed by atoms with Crippen LogP contribution >= 0.6 is 0 Å². The molecule has 3 aromatic carbocycles. The van der Waals surface area contributed by atoms with Crippen molar-refractivity contribution >= 4 is 17.3 Å². The number of hydrogen-bond acceptors (Lipinski definition) is 3. The van der Waals surface area contributed by atoms with Crippen molar-refractivity contribution in [2.75, 3.05) is 0 Å². The van der Waals surface area contributed by atoms with Gasteiger partial charge in [0.1, 0.15) is 11.6 Å². The molecule has 0 aromatic heterocycles. The lowest BCUT2D eigenvalue weighted by Gasteiger charge is -2.32. The van der Waals surface area contributed by atoms with Gasteiger partial charge in [-0.15, -0.1) is 0 Å². The quantitative estimate of drug-likeness (QED) is 0.197. The van der Waals surface area contributed by atoms with Gasteiger partial charge < -0.3 is 0 Å². The van der Waals surface area contributed by atoms with Crippen LogP contribution in [-0.2, 0) is 27.8 Å². The second-order valence-corrected chi connectivity index (χ2v) is 15.0. The molecule has 0 aliphatic heterocycles. The van der Waals surface area contributed by atoms with E-state index in [-0.39, 0.29) is 51.9 Å². The highest BCUT2D eigenvalue weighted by atomic mass is 16.1. The van der Waals surface area contributed by atoms with Crippen LogP contribution in [0.25, 0.3) is 0 Å². The molecule has 1 fully saturated rings. The van der Waals surface area contributed by atoms with Gasteiger partial charge in [-0.2, -0.15) is 0 Å². The zero-order chi connectivity index (χ0) is 32.2. The van der Waals surface area contributed by atoms with Gasteiger partial charge in [0.05, 0.1) is 0 Å². The summed E-state index contributed by atoms with van der Waals surface area (Å²) in [6.07, 6.45) is 3.69. The highest BCUT2D eigenvalue weighted by Gasteiger charge is 2.49. The Balaban J connectivity index is 1.53. The standard InChI is InChI=1S/C41H52O3/c1-27-13-12-16-34(28(27)2)37(43)26-32(25-31-14-10-9-11-15-31)29(3)39(44)35-23-24-41(7,8)38(35)36(42)22-19-30-17-20-33(21-18-30)40(4,5)6/h9-18,20-21,29,32,35,38H,19,22-26H2,1-8H3. The van der Waals surface area contributed by atoms with Crippen LogP contribution in [0.15, 0.2) is 72.8 Å². The first kappa shape index (κ1) is 33.6. The number of Topliss-reactive ketones (excluding diaryl/α,β-unsaturated/α-hetero) is 3. The lowest BCUT2D eigenvalue weighted by Crippen LogP contribution is -2.38. The molecule has 3 heteroatoms. The normalized spacial score (nSPS) is 19.4. The molecule has 4 atom stereocenters. The molecule has 3 aromatic rings. The van der Waals surface area contributed by atoms with Crippen molar-refractivity contribution in [1.82, 2.24) is 0 Å². The molecule has 1 aliphatic rings. The van der Waals surface area contributed by atoms with Gasteiger partial charge in [0.2, 0.25) is 0 Å². The second kappa shape index (κ2) is 13.8. The van der Waals surface area contributed by atoms with E-state index in [9.17, 15) is 14.4 Å². The number of rotatable bonds is 12. The number of aryl methyl sites for hydroxylation is 2. The largest absolute Gasteiger partial charge is 0.299 e. The SMILES string of the molecule is Cc1cccc(C(=O)CC(Cc2ccccc2)C(C)C(=O)C2CCC(C)(C)C2C(=O)CCc2ccc(C(C)(C)C)cc2)c1C. The fourth-order valence-corrected chi connectivity index (χ4v) is 7.27. The molecule has 0 radical (unpaired) electrons. The van der Waals surface area contributed by atoms with Crippen molar-refractivity contribution in [3.63, 3.8) is 0 Å². The third-order valence-corrected chi connectivity index (χ3v) is 10.4. The van der Waals surface area contributed by atoms with Gasteiger partial charge in [-0.1, -0.05) is 114 Å². The van der Waals surface area contributed by atoms with Crippen LogP contribution in [0.3, 0.4) is 0 Å². The molecule has 234 valence electrons. The minimum absolute atomic E-state index is 0.0867.